The molecule has 15 heavy (non-hydrogen) atoms. The molecule has 0 amide bonds. The second-order valence-electron chi connectivity index (χ2n) is 3.53. The van der Waals surface area contributed by atoms with E-state index in [1.54, 1.807) is 0 Å². The SMILES string of the molecule is NC[C@](N)(C(=O)O)C(=O)C[C@@H]1CCNO1. The molecule has 0 saturated carbocycles. The van der Waals surface area contributed by atoms with Gasteiger partial charge in [0.25, 0.3) is 0 Å². The van der Waals surface area contributed by atoms with Gasteiger partial charge in [0.1, 0.15) is 0 Å². The van der Waals surface area contributed by atoms with Crippen LogP contribution in [0.15, 0.2) is 0 Å². The monoisotopic (exact) mass is 217 g/mol. The molecule has 1 aliphatic heterocycles. The van der Waals surface area contributed by atoms with Crippen LogP contribution in [-0.2, 0) is 14.4 Å². The van der Waals surface area contributed by atoms with Gasteiger partial charge >= 0.3 is 5.97 Å². The van der Waals surface area contributed by atoms with Crippen LogP contribution in [0.5, 0.6) is 0 Å². The lowest BCUT2D eigenvalue weighted by Gasteiger charge is -2.22. The number of nitrogens with two attached hydrogens (primary N) is 2. The first kappa shape index (κ1) is 12.1. The maximum absolute atomic E-state index is 11.6. The zero-order valence-electron chi connectivity index (χ0n) is 8.23. The molecule has 0 unspecified atom stereocenters. The largest absolute Gasteiger partial charge is 0.479 e. The van der Waals surface area contributed by atoms with E-state index in [0.29, 0.717) is 13.0 Å². The first-order chi connectivity index (χ1) is 7.00. The number of carboxylic acids is 1. The Bertz CT molecular complexity index is 265. The van der Waals surface area contributed by atoms with Crippen molar-refractivity contribution in [2.75, 3.05) is 13.1 Å². The number of aliphatic carboxylic acids is 1. The van der Waals surface area contributed by atoms with E-state index in [1.165, 1.54) is 0 Å². The number of hydrogen-bond acceptors (Lipinski definition) is 6. The van der Waals surface area contributed by atoms with Crippen LogP contribution in [0.25, 0.3) is 0 Å². The predicted molar refractivity (Wildman–Crippen MR) is 50.7 cm³/mol. The van der Waals surface area contributed by atoms with Crippen molar-refractivity contribution in [2.24, 2.45) is 11.5 Å². The molecule has 0 aromatic carbocycles. The zero-order chi connectivity index (χ0) is 11.5. The molecular formula is C8H15N3O4. The van der Waals surface area contributed by atoms with Crippen molar-refractivity contribution in [3.63, 3.8) is 0 Å². The van der Waals surface area contributed by atoms with Crippen LogP contribution in [0.4, 0.5) is 0 Å². The summed E-state index contributed by atoms with van der Waals surface area (Å²) in [5.74, 6) is -2.01. The lowest BCUT2D eigenvalue weighted by molar-refractivity contribution is -0.148. The van der Waals surface area contributed by atoms with Gasteiger partial charge in [0.05, 0.1) is 6.10 Å². The molecule has 7 heteroatoms. The van der Waals surface area contributed by atoms with E-state index in [9.17, 15) is 9.59 Å². The zero-order valence-corrected chi connectivity index (χ0v) is 8.23. The van der Waals surface area contributed by atoms with Crippen molar-refractivity contribution in [3.05, 3.63) is 0 Å². The third-order valence-electron chi connectivity index (χ3n) is 2.43. The minimum atomic E-state index is -1.99. The minimum Gasteiger partial charge on any atom is -0.479 e. The van der Waals surface area contributed by atoms with Crippen molar-refractivity contribution >= 4 is 11.8 Å². The van der Waals surface area contributed by atoms with Gasteiger partial charge in [0, 0.05) is 19.5 Å². The van der Waals surface area contributed by atoms with E-state index in [4.69, 9.17) is 21.4 Å². The minimum absolute atomic E-state index is 0.0347. The van der Waals surface area contributed by atoms with Crippen molar-refractivity contribution in [2.45, 2.75) is 24.5 Å². The van der Waals surface area contributed by atoms with Crippen LogP contribution in [0.2, 0.25) is 0 Å². The molecule has 2 atom stereocenters. The van der Waals surface area contributed by atoms with Crippen LogP contribution < -0.4 is 16.9 Å². The number of carbonyl (C=O) groups excluding carboxylic acids is 1. The van der Waals surface area contributed by atoms with Crippen molar-refractivity contribution in [1.29, 1.82) is 0 Å². The second kappa shape index (κ2) is 4.67. The Kier molecular flexibility index (Phi) is 3.75. The Labute approximate surface area is 86.7 Å². The van der Waals surface area contributed by atoms with Gasteiger partial charge in [-0.1, -0.05) is 0 Å². The molecule has 0 radical (unpaired) electrons. The number of carboxylic acid groups (broad SMARTS) is 1. The number of carbonyl (C=O) groups is 2. The van der Waals surface area contributed by atoms with Crippen LogP contribution in [0.1, 0.15) is 12.8 Å². The molecule has 1 heterocycles. The molecule has 1 fully saturated rings. The van der Waals surface area contributed by atoms with Crippen LogP contribution in [0, 0.1) is 0 Å². The molecule has 7 nitrogen and oxygen atoms in total. The summed E-state index contributed by atoms with van der Waals surface area (Å²) in [5, 5.41) is 8.79. The molecule has 0 aromatic heterocycles. The highest BCUT2D eigenvalue weighted by molar-refractivity contribution is 6.08. The van der Waals surface area contributed by atoms with Crippen LogP contribution in [-0.4, -0.2) is 41.6 Å². The van der Waals surface area contributed by atoms with Gasteiger partial charge in [0.2, 0.25) is 0 Å². The summed E-state index contributed by atoms with van der Waals surface area (Å²) >= 11 is 0. The summed E-state index contributed by atoms with van der Waals surface area (Å²) < 4.78 is 0. The first-order valence-corrected chi connectivity index (χ1v) is 4.65. The number of hydrogen-bond donors (Lipinski definition) is 4. The molecule has 1 aliphatic rings. The fraction of sp³-hybridized carbons (Fsp3) is 0.750. The molecule has 1 rings (SSSR count). The third kappa shape index (κ3) is 2.51. The average Bonchev–Trinajstić information content (AvgIpc) is 2.68. The quantitative estimate of drug-likeness (QED) is 0.391. The fourth-order valence-corrected chi connectivity index (χ4v) is 1.31. The number of Topliss-reactive ketones (excluding diaryl/α,β-unsaturated/α-hetero) is 1. The number of nitrogens with one attached hydrogen (secondary N) is 1. The second-order valence-corrected chi connectivity index (χ2v) is 3.53. The highest BCUT2D eigenvalue weighted by Crippen LogP contribution is 2.13. The Morgan fingerprint density at radius 2 is 2.27 bits per heavy atom. The van der Waals surface area contributed by atoms with Crippen LogP contribution in [0.3, 0.4) is 0 Å². The summed E-state index contributed by atoms with van der Waals surface area (Å²) in [7, 11) is 0. The molecule has 1 saturated heterocycles. The maximum atomic E-state index is 11.6. The molecule has 86 valence electrons. The summed E-state index contributed by atoms with van der Waals surface area (Å²) in [6.07, 6.45) is 0.310. The molecule has 0 spiro atoms. The van der Waals surface area contributed by atoms with Gasteiger partial charge in [-0.25, -0.2) is 10.3 Å². The van der Waals surface area contributed by atoms with E-state index in [2.05, 4.69) is 5.48 Å². The van der Waals surface area contributed by atoms with E-state index < -0.39 is 23.8 Å². The normalized spacial score (nSPS) is 24.8. The lowest BCUT2D eigenvalue weighted by Crippen LogP contribution is -2.60. The summed E-state index contributed by atoms with van der Waals surface area (Å²) in [6, 6.07) is 0. The average molecular weight is 217 g/mol. The predicted octanol–water partition coefficient (Wildman–Crippen LogP) is -2.02. The van der Waals surface area contributed by atoms with Gasteiger partial charge in [-0.2, -0.15) is 0 Å². The summed E-state index contributed by atoms with van der Waals surface area (Å²) in [5.41, 5.74) is 11.2. The molecule has 0 aliphatic carbocycles. The maximum Gasteiger partial charge on any atom is 0.332 e. The first-order valence-electron chi connectivity index (χ1n) is 4.65. The Balaban J connectivity index is 2.60. The van der Waals surface area contributed by atoms with Gasteiger partial charge < -0.3 is 16.6 Å². The lowest BCUT2D eigenvalue weighted by atomic mass is 9.91. The summed E-state index contributed by atoms with van der Waals surface area (Å²) in [6.45, 7) is 0.229. The van der Waals surface area contributed by atoms with Crippen LogP contribution >= 0.6 is 0 Å². The smallest absolute Gasteiger partial charge is 0.332 e. The molecule has 0 aromatic rings. The summed E-state index contributed by atoms with van der Waals surface area (Å²) in [4.78, 5) is 27.4. The highest BCUT2D eigenvalue weighted by Gasteiger charge is 2.41. The van der Waals surface area contributed by atoms with E-state index in [0.717, 1.165) is 0 Å². The van der Waals surface area contributed by atoms with E-state index in [1.807, 2.05) is 0 Å². The van der Waals surface area contributed by atoms with E-state index in [-0.39, 0.29) is 12.5 Å². The number of hydroxylamine groups is 1. The Morgan fingerprint density at radius 1 is 1.60 bits per heavy atom. The van der Waals surface area contributed by atoms with Crippen molar-refractivity contribution in [3.8, 4) is 0 Å². The van der Waals surface area contributed by atoms with Crippen molar-refractivity contribution < 1.29 is 19.5 Å². The van der Waals surface area contributed by atoms with E-state index >= 15 is 0 Å². The van der Waals surface area contributed by atoms with Gasteiger partial charge in [-0.15, -0.1) is 0 Å². The van der Waals surface area contributed by atoms with Gasteiger partial charge in [-0.3, -0.25) is 9.63 Å². The Morgan fingerprint density at radius 3 is 2.67 bits per heavy atom. The van der Waals surface area contributed by atoms with Crippen molar-refractivity contribution in [1.82, 2.24) is 5.48 Å². The topological polar surface area (TPSA) is 128 Å². The number of ketones is 1. The number of rotatable bonds is 5. The van der Waals surface area contributed by atoms with Gasteiger partial charge in [-0.05, 0) is 6.42 Å². The fourth-order valence-electron chi connectivity index (χ4n) is 1.31. The standard InChI is InChI=1S/C8H15N3O4/c9-4-8(10,7(13)14)6(12)3-5-1-2-11-15-5/h5,11H,1-4,9-10H2,(H,13,14)/t5-,8+/m0/s1. The van der Waals surface area contributed by atoms with Gasteiger partial charge in [0.15, 0.2) is 11.3 Å². The molecular weight excluding hydrogens is 202 g/mol. The third-order valence-corrected chi connectivity index (χ3v) is 2.43. The molecule has 0 bridgehead atoms. The Hall–Kier alpha value is -1.02. The highest BCUT2D eigenvalue weighted by atomic mass is 16.7. The molecule has 6 N–H and O–H groups in total.